The molecular weight excluding hydrogens is 553 g/mol. The summed E-state index contributed by atoms with van der Waals surface area (Å²) in [4.78, 5) is 17.6. The van der Waals surface area contributed by atoms with Crippen molar-refractivity contribution in [2.24, 2.45) is 0 Å². The van der Waals surface area contributed by atoms with E-state index in [2.05, 4.69) is 15.4 Å². The molecule has 0 unspecified atom stereocenters. The number of alkyl halides is 3. The zero-order chi connectivity index (χ0) is 30.1. The van der Waals surface area contributed by atoms with Crippen LogP contribution < -0.4 is 5.32 Å². The highest BCUT2D eigenvalue weighted by Gasteiger charge is 2.35. The first-order chi connectivity index (χ1) is 20.7. The number of nitrogens with zero attached hydrogens (tertiary/aromatic N) is 5. The van der Waals surface area contributed by atoms with Crippen molar-refractivity contribution in [3.05, 3.63) is 126 Å². The second kappa shape index (κ2) is 11.2. The number of aromatic nitrogens is 5. The number of rotatable bonds is 7. The van der Waals surface area contributed by atoms with Gasteiger partial charge in [-0.25, -0.2) is 14.2 Å². The molecule has 0 aliphatic rings. The quantitative estimate of drug-likeness (QED) is 0.215. The molecule has 0 spiro atoms. The third-order valence-corrected chi connectivity index (χ3v) is 7.12. The first-order valence-electron chi connectivity index (χ1n) is 13.7. The zero-order valence-corrected chi connectivity index (χ0v) is 23.4. The van der Waals surface area contributed by atoms with Crippen LogP contribution in [0.4, 0.5) is 13.2 Å². The third-order valence-electron chi connectivity index (χ3n) is 7.12. The van der Waals surface area contributed by atoms with Crippen molar-refractivity contribution < 1.29 is 18.0 Å². The second-order valence-electron chi connectivity index (χ2n) is 10.4. The van der Waals surface area contributed by atoms with Crippen LogP contribution in [0, 0.1) is 0 Å². The van der Waals surface area contributed by atoms with E-state index in [9.17, 15) is 18.0 Å². The number of benzene rings is 3. The lowest BCUT2D eigenvalue weighted by molar-refractivity contribution is -0.142. The molecule has 3 heterocycles. The minimum atomic E-state index is -4.72. The van der Waals surface area contributed by atoms with Gasteiger partial charge in [0, 0.05) is 35.5 Å². The van der Waals surface area contributed by atoms with E-state index in [4.69, 9.17) is 5.10 Å². The zero-order valence-electron chi connectivity index (χ0n) is 23.4. The number of carbonyl (C=O) groups is 1. The lowest BCUT2D eigenvalue weighted by Crippen LogP contribution is -2.23. The molecule has 3 aromatic heterocycles. The molecule has 0 aliphatic heterocycles. The predicted molar refractivity (Wildman–Crippen MR) is 158 cm³/mol. The molecule has 0 saturated heterocycles. The molecule has 0 radical (unpaired) electrons. The molecule has 0 aliphatic carbocycles. The maximum absolute atomic E-state index is 14.1. The van der Waals surface area contributed by atoms with E-state index >= 15 is 0 Å². The van der Waals surface area contributed by atoms with Gasteiger partial charge in [0.2, 0.25) is 0 Å². The van der Waals surface area contributed by atoms with Crippen LogP contribution >= 0.6 is 0 Å². The summed E-state index contributed by atoms with van der Waals surface area (Å²) in [6, 6.07) is 28.5. The highest BCUT2D eigenvalue weighted by Crippen LogP contribution is 2.33. The molecule has 1 amide bonds. The average Bonchev–Trinajstić information content (AvgIpc) is 3.65. The van der Waals surface area contributed by atoms with E-state index in [0.717, 1.165) is 28.4 Å². The summed E-state index contributed by atoms with van der Waals surface area (Å²) in [6.07, 6.45) is -2.90. The number of hydrogen-bond donors (Lipinski definition) is 1. The molecule has 43 heavy (non-hydrogen) atoms. The Kier molecular flexibility index (Phi) is 7.27. The number of amides is 1. The van der Waals surface area contributed by atoms with Gasteiger partial charge in [-0.05, 0) is 29.7 Å². The molecule has 0 bridgehead atoms. The Bertz CT molecular complexity index is 1890. The van der Waals surface area contributed by atoms with Crippen LogP contribution in [0.2, 0.25) is 0 Å². The van der Waals surface area contributed by atoms with Crippen molar-refractivity contribution in [2.45, 2.75) is 32.5 Å². The molecule has 0 atom stereocenters. The summed E-state index contributed by atoms with van der Waals surface area (Å²) in [7, 11) is 0. The van der Waals surface area contributed by atoms with Gasteiger partial charge in [-0.3, -0.25) is 4.79 Å². The van der Waals surface area contributed by atoms with Crippen molar-refractivity contribution in [1.29, 1.82) is 0 Å². The SMILES string of the molecule is CC(C)c1ccc(-c2cc(C(F)(F)F)n3nc(C(=O)NCc4cn(-c5ccccc5)nc4-c4ccccc4)cc3n2)cc1. The first kappa shape index (κ1) is 27.9. The number of halogens is 3. The molecule has 6 aromatic rings. The molecule has 3 aromatic carbocycles. The van der Waals surface area contributed by atoms with Crippen molar-refractivity contribution >= 4 is 11.6 Å². The fourth-order valence-corrected chi connectivity index (χ4v) is 4.83. The molecule has 6 rings (SSSR count). The second-order valence-corrected chi connectivity index (χ2v) is 10.4. The Labute approximate surface area is 245 Å². The van der Waals surface area contributed by atoms with E-state index in [1.54, 1.807) is 16.8 Å². The normalized spacial score (nSPS) is 11.8. The van der Waals surface area contributed by atoms with Gasteiger partial charge in [0.05, 0.1) is 17.1 Å². The van der Waals surface area contributed by atoms with E-state index < -0.39 is 17.8 Å². The fourth-order valence-electron chi connectivity index (χ4n) is 4.83. The molecule has 0 fully saturated rings. The number of para-hydroxylation sites is 1. The Morgan fingerprint density at radius 2 is 1.53 bits per heavy atom. The number of nitrogens with one attached hydrogen (secondary N) is 1. The summed E-state index contributed by atoms with van der Waals surface area (Å²) in [6.45, 7) is 4.16. The van der Waals surface area contributed by atoms with E-state index in [-0.39, 0.29) is 29.5 Å². The lowest BCUT2D eigenvalue weighted by Gasteiger charge is -2.12. The van der Waals surface area contributed by atoms with E-state index in [0.29, 0.717) is 15.8 Å². The van der Waals surface area contributed by atoms with Gasteiger partial charge in [-0.1, -0.05) is 86.6 Å². The lowest BCUT2D eigenvalue weighted by atomic mass is 10.0. The van der Waals surface area contributed by atoms with Gasteiger partial charge in [-0.15, -0.1) is 0 Å². The van der Waals surface area contributed by atoms with Gasteiger partial charge in [-0.2, -0.15) is 23.4 Å². The molecule has 0 saturated carbocycles. The van der Waals surface area contributed by atoms with Crippen LogP contribution in [0.3, 0.4) is 0 Å². The van der Waals surface area contributed by atoms with E-state index in [1.165, 1.54) is 6.07 Å². The van der Waals surface area contributed by atoms with Crippen molar-refractivity contribution in [3.8, 4) is 28.2 Å². The van der Waals surface area contributed by atoms with E-state index in [1.807, 2.05) is 92.8 Å². The van der Waals surface area contributed by atoms with Crippen LogP contribution in [-0.2, 0) is 12.7 Å². The van der Waals surface area contributed by atoms with Crippen LogP contribution in [0.15, 0.2) is 103 Å². The molecule has 1 N–H and O–H groups in total. The number of carbonyl (C=O) groups excluding carboxylic acids is 1. The van der Waals surface area contributed by atoms with Crippen LogP contribution in [0.1, 0.15) is 47.1 Å². The fraction of sp³-hybridized carbons (Fsp3) is 0.152. The topological polar surface area (TPSA) is 77.1 Å². The summed E-state index contributed by atoms with van der Waals surface area (Å²) < 4.78 is 44.7. The van der Waals surface area contributed by atoms with Crippen LogP contribution in [0.5, 0.6) is 0 Å². The third kappa shape index (κ3) is 5.76. The Morgan fingerprint density at radius 3 is 2.19 bits per heavy atom. The van der Waals surface area contributed by atoms with Gasteiger partial charge in [0.25, 0.3) is 5.91 Å². The van der Waals surface area contributed by atoms with Crippen molar-refractivity contribution in [3.63, 3.8) is 0 Å². The minimum absolute atomic E-state index is 0.0789. The smallest absolute Gasteiger partial charge is 0.346 e. The van der Waals surface area contributed by atoms with Crippen LogP contribution in [-0.4, -0.2) is 30.3 Å². The largest absolute Gasteiger partial charge is 0.433 e. The Hall–Kier alpha value is -5.25. The highest BCUT2D eigenvalue weighted by atomic mass is 19.4. The Balaban J connectivity index is 1.31. The minimum Gasteiger partial charge on any atom is -0.346 e. The summed E-state index contributed by atoms with van der Waals surface area (Å²) in [5, 5.41) is 11.5. The van der Waals surface area contributed by atoms with Gasteiger partial charge < -0.3 is 5.32 Å². The maximum atomic E-state index is 14.1. The molecule has 7 nitrogen and oxygen atoms in total. The van der Waals surface area contributed by atoms with Crippen molar-refractivity contribution in [1.82, 2.24) is 29.7 Å². The first-order valence-corrected chi connectivity index (χ1v) is 13.7. The van der Waals surface area contributed by atoms with Gasteiger partial charge in [0.1, 0.15) is 0 Å². The molecule has 216 valence electrons. The highest BCUT2D eigenvalue weighted by molar-refractivity contribution is 5.93. The van der Waals surface area contributed by atoms with Crippen LogP contribution in [0.25, 0.3) is 33.8 Å². The summed E-state index contributed by atoms with van der Waals surface area (Å²) in [5.74, 6) is -0.351. The van der Waals surface area contributed by atoms with Gasteiger partial charge >= 0.3 is 6.18 Å². The monoisotopic (exact) mass is 580 g/mol. The maximum Gasteiger partial charge on any atom is 0.433 e. The predicted octanol–water partition coefficient (Wildman–Crippen LogP) is 7.32. The summed E-state index contributed by atoms with van der Waals surface area (Å²) >= 11 is 0. The summed E-state index contributed by atoms with van der Waals surface area (Å²) in [5.41, 5.74) is 3.58. The molecular formula is C33H27F3N6O. The number of fused-ring (bicyclic) bond motifs is 1. The van der Waals surface area contributed by atoms with Crippen molar-refractivity contribution in [2.75, 3.05) is 0 Å². The standard InChI is InChI=1S/C33H27F3N6O/c1-21(2)22-13-15-23(16-14-22)27-17-29(33(34,35)36)42-30(38-27)18-28(39-42)32(43)37-19-25-20-41(26-11-7-4-8-12-26)40-31(25)24-9-5-3-6-10-24/h3-18,20-21H,19H2,1-2H3,(H,37,43). The Morgan fingerprint density at radius 1 is 0.860 bits per heavy atom. The number of hydrogen-bond acceptors (Lipinski definition) is 4. The molecule has 10 heteroatoms. The van der Waals surface area contributed by atoms with Gasteiger partial charge in [0.15, 0.2) is 17.0 Å². The average molecular weight is 581 g/mol.